The van der Waals surface area contributed by atoms with Gasteiger partial charge in [-0.2, -0.15) is 0 Å². The predicted octanol–water partition coefficient (Wildman–Crippen LogP) is 3.46. The molecule has 2 fully saturated rings. The lowest BCUT2D eigenvalue weighted by atomic mass is 9.89. The van der Waals surface area contributed by atoms with Crippen LogP contribution in [0.25, 0.3) is 0 Å². The Kier molecular flexibility index (Phi) is 5.99. The number of benzene rings is 2. The molecule has 6 nitrogen and oxygen atoms in total. The lowest BCUT2D eigenvalue weighted by Gasteiger charge is -2.32. The molecule has 0 spiro atoms. The van der Waals surface area contributed by atoms with Crippen molar-refractivity contribution in [2.45, 2.75) is 19.4 Å². The second-order valence-electron chi connectivity index (χ2n) is 7.84. The van der Waals surface area contributed by atoms with Crippen LogP contribution in [0, 0.1) is 11.7 Å². The Morgan fingerprint density at radius 3 is 2.67 bits per heavy atom. The predicted molar refractivity (Wildman–Crippen MR) is 112 cm³/mol. The zero-order valence-electron chi connectivity index (χ0n) is 17.1. The molecule has 7 heteroatoms. The molecular weight excluding hydrogens is 385 g/mol. The summed E-state index contributed by atoms with van der Waals surface area (Å²) in [6.45, 7) is 3.68. The maximum absolute atomic E-state index is 14.0. The van der Waals surface area contributed by atoms with Gasteiger partial charge in [-0.25, -0.2) is 9.18 Å². The largest absolute Gasteiger partial charge is 0.494 e. The first-order valence-corrected chi connectivity index (χ1v) is 10.3. The van der Waals surface area contributed by atoms with Crippen LogP contribution in [0.2, 0.25) is 0 Å². The molecule has 0 aromatic heterocycles. The van der Waals surface area contributed by atoms with E-state index in [-0.39, 0.29) is 23.5 Å². The summed E-state index contributed by atoms with van der Waals surface area (Å²) in [6, 6.07) is 12.3. The number of carbonyl (C=O) groups is 2. The van der Waals surface area contributed by atoms with Gasteiger partial charge >= 0.3 is 6.03 Å². The summed E-state index contributed by atoms with van der Waals surface area (Å²) >= 11 is 0. The molecule has 0 aliphatic carbocycles. The molecule has 158 valence electrons. The Morgan fingerprint density at radius 1 is 1.20 bits per heavy atom. The fraction of sp³-hybridized carbons (Fsp3) is 0.391. The van der Waals surface area contributed by atoms with Crippen molar-refractivity contribution in [1.82, 2.24) is 10.2 Å². The van der Waals surface area contributed by atoms with Crippen LogP contribution in [0.5, 0.6) is 5.75 Å². The Bertz CT molecular complexity index is 932. The molecule has 1 atom stereocenters. The Hall–Kier alpha value is -2.93. The Morgan fingerprint density at radius 2 is 2.00 bits per heavy atom. The molecule has 1 N–H and O–H groups in total. The van der Waals surface area contributed by atoms with E-state index in [4.69, 9.17) is 4.74 Å². The summed E-state index contributed by atoms with van der Waals surface area (Å²) in [7, 11) is 1.41. The van der Waals surface area contributed by atoms with Gasteiger partial charge in [-0.05, 0) is 55.3 Å². The molecule has 2 aliphatic rings. The second kappa shape index (κ2) is 8.83. The first kappa shape index (κ1) is 20.3. The Balaban J connectivity index is 1.38. The SMILES string of the molecule is COc1ccc(C(=O)[C@@H]2CCCN(Cc3ccc(N4CCNC4=O)cc3)C2)cc1F. The van der Waals surface area contributed by atoms with E-state index < -0.39 is 5.82 Å². The smallest absolute Gasteiger partial charge is 0.321 e. The minimum atomic E-state index is -0.511. The molecule has 30 heavy (non-hydrogen) atoms. The van der Waals surface area contributed by atoms with E-state index in [9.17, 15) is 14.0 Å². The number of amides is 2. The molecule has 2 amide bonds. The summed E-state index contributed by atoms with van der Waals surface area (Å²) in [5.74, 6) is -0.523. The minimum Gasteiger partial charge on any atom is -0.494 e. The first-order valence-electron chi connectivity index (χ1n) is 10.3. The number of anilines is 1. The summed E-state index contributed by atoms with van der Waals surface area (Å²) in [4.78, 5) is 28.7. The average Bonchev–Trinajstić information content (AvgIpc) is 3.20. The van der Waals surface area contributed by atoms with E-state index >= 15 is 0 Å². The van der Waals surface area contributed by atoms with E-state index in [1.807, 2.05) is 24.3 Å². The van der Waals surface area contributed by atoms with Gasteiger partial charge in [-0.1, -0.05) is 12.1 Å². The van der Waals surface area contributed by atoms with E-state index in [2.05, 4.69) is 10.2 Å². The number of likely N-dealkylation sites (tertiary alicyclic amines) is 1. The van der Waals surface area contributed by atoms with Crippen molar-refractivity contribution >= 4 is 17.5 Å². The van der Waals surface area contributed by atoms with Gasteiger partial charge in [0.05, 0.1) is 7.11 Å². The number of piperidine rings is 1. The number of Topliss-reactive ketones (excluding diaryl/α,β-unsaturated/α-hetero) is 1. The summed E-state index contributed by atoms with van der Waals surface area (Å²) in [5.41, 5.74) is 2.43. The van der Waals surface area contributed by atoms with Gasteiger partial charge in [0.1, 0.15) is 0 Å². The fourth-order valence-corrected chi connectivity index (χ4v) is 4.23. The molecule has 2 aromatic rings. The number of carbonyl (C=O) groups excluding carboxylic acids is 2. The zero-order chi connectivity index (χ0) is 21.1. The molecular formula is C23H26FN3O3. The maximum atomic E-state index is 14.0. The summed E-state index contributed by atoms with van der Waals surface area (Å²) in [5, 5.41) is 2.80. The lowest BCUT2D eigenvalue weighted by molar-refractivity contribution is 0.0811. The number of rotatable bonds is 6. The third kappa shape index (κ3) is 4.31. The van der Waals surface area contributed by atoms with Crippen LogP contribution in [0.1, 0.15) is 28.8 Å². The van der Waals surface area contributed by atoms with Gasteiger partial charge in [0, 0.05) is 43.3 Å². The first-order chi connectivity index (χ1) is 14.5. The van der Waals surface area contributed by atoms with E-state index in [0.29, 0.717) is 25.2 Å². The van der Waals surface area contributed by atoms with E-state index in [1.165, 1.54) is 19.2 Å². The molecule has 2 aliphatic heterocycles. The van der Waals surface area contributed by atoms with Crippen molar-refractivity contribution in [3.05, 3.63) is 59.4 Å². The van der Waals surface area contributed by atoms with Crippen molar-refractivity contribution in [1.29, 1.82) is 0 Å². The number of nitrogens with zero attached hydrogens (tertiary/aromatic N) is 2. The van der Waals surface area contributed by atoms with Crippen molar-refractivity contribution < 1.29 is 18.7 Å². The van der Waals surface area contributed by atoms with Gasteiger partial charge in [0.25, 0.3) is 0 Å². The van der Waals surface area contributed by atoms with Crippen LogP contribution in [-0.4, -0.2) is 50.0 Å². The number of hydrogen-bond donors (Lipinski definition) is 1. The topological polar surface area (TPSA) is 61.9 Å². The third-order valence-electron chi connectivity index (χ3n) is 5.82. The molecule has 2 heterocycles. The fourth-order valence-electron chi connectivity index (χ4n) is 4.23. The second-order valence-corrected chi connectivity index (χ2v) is 7.84. The standard InChI is InChI=1S/C23H26FN3O3/c1-30-21-9-6-17(13-20(21)24)22(28)18-3-2-11-26(15-18)14-16-4-7-19(8-5-16)27-12-10-25-23(27)29/h4-9,13,18H,2-3,10-12,14-15H2,1H3,(H,25,29)/t18-/m1/s1. The van der Waals surface area contributed by atoms with Crippen molar-refractivity contribution in [2.24, 2.45) is 5.92 Å². The number of urea groups is 1. The third-order valence-corrected chi connectivity index (χ3v) is 5.82. The highest BCUT2D eigenvalue weighted by atomic mass is 19.1. The summed E-state index contributed by atoms with van der Waals surface area (Å²) < 4.78 is 18.9. The van der Waals surface area contributed by atoms with Crippen LogP contribution in [0.4, 0.5) is 14.9 Å². The van der Waals surface area contributed by atoms with Gasteiger partial charge in [-0.3, -0.25) is 14.6 Å². The lowest BCUT2D eigenvalue weighted by Crippen LogP contribution is -2.38. The normalized spacial score (nSPS) is 19.6. The van der Waals surface area contributed by atoms with Crippen LogP contribution < -0.4 is 15.0 Å². The van der Waals surface area contributed by atoms with Crippen LogP contribution in [0.15, 0.2) is 42.5 Å². The highest BCUT2D eigenvalue weighted by Gasteiger charge is 2.27. The quantitative estimate of drug-likeness (QED) is 0.740. The minimum absolute atomic E-state index is 0.0170. The van der Waals surface area contributed by atoms with Crippen molar-refractivity contribution in [3.8, 4) is 5.75 Å². The van der Waals surface area contributed by atoms with E-state index in [0.717, 1.165) is 37.2 Å². The van der Waals surface area contributed by atoms with Crippen LogP contribution in [0.3, 0.4) is 0 Å². The van der Waals surface area contributed by atoms with E-state index in [1.54, 1.807) is 11.0 Å². The van der Waals surface area contributed by atoms with Crippen molar-refractivity contribution in [3.63, 3.8) is 0 Å². The number of nitrogens with one attached hydrogen (secondary N) is 1. The van der Waals surface area contributed by atoms with Crippen LogP contribution >= 0.6 is 0 Å². The van der Waals surface area contributed by atoms with Gasteiger partial charge < -0.3 is 10.1 Å². The molecule has 0 radical (unpaired) electrons. The highest BCUT2D eigenvalue weighted by Crippen LogP contribution is 2.25. The Labute approximate surface area is 175 Å². The molecule has 2 saturated heterocycles. The van der Waals surface area contributed by atoms with Gasteiger partial charge in [0.2, 0.25) is 0 Å². The number of methoxy groups -OCH3 is 1. The molecule has 4 rings (SSSR count). The monoisotopic (exact) mass is 411 g/mol. The highest BCUT2D eigenvalue weighted by molar-refractivity contribution is 5.98. The zero-order valence-corrected chi connectivity index (χ0v) is 17.1. The number of ether oxygens (including phenoxy) is 1. The number of ketones is 1. The molecule has 0 saturated carbocycles. The summed E-state index contributed by atoms with van der Waals surface area (Å²) in [6.07, 6.45) is 1.74. The van der Waals surface area contributed by atoms with Gasteiger partial charge in [-0.15, -0.1) is 0 Å². The van der Waals surface area contributed by atoms with Crippen molar-refractivity contribution in [2.75, 3.05) is 38.2 Å². The maximum Gasteiger partial charge on any atom is 0.321 e. The molecule has 2 aromatic carbocycles. The number of halogens is 1. The van der Waals surface area contributed by atoms with Gasteiger partial charge in [0.15, 0.2) is 17.3 Å². The average molecular weight is 411 g/mol. The number of hydrogen-bond acceptors (Lipinski definition) is 4. The van der Waals surface area contributed by atoms with Crippen LogP contribution in [-0.2, 0) is 6.54 Å². The molecule has 0 bridgehead atoms. The molecule has 0 unspecified atom stereocenters.